The first kappa shape index (κ1) is 12.2. The van der Waals surface area contributed by atoms with Crippen molar-refractivity contribution in [2.45, 2.75) is 41.7 Å². The van der Waals surface area contributed by atoms with Crippen LogP contribution < -0.4 is 4.74 Å². The van der Waals surface area contributed by atoms with Crippen molar-refractivity contribution in [3.8, 4) is 5.75 Å². The fourth-order valence-electron chi connectivity index (χ4n) is 2.17. The van der Waals surface area contributed by atoms with Gasteiger partial charge in [-0.1, -0.05) is 0 Å². The van der Waals surface area contributed by atoms with Gasteiger partial charge >= 0.3 is 0 Å². The molecule has 0 radical (unpaired) electrons. The van der Waals surface area contributed by atoms with Gasteiger partial charge in [-0.3, -0.25) is 0 Å². The lowest BCUT2D eigenvalue weighted by Crippen LogP contribution is -2.57. The summed E-state index contributed by atoms with van der Waals surface area (Å²) in [6, 6.07) is 4.21. The highest BCUT2D eigenvalue weighted by Crippen LogP contribution is 2.44. The average Bonchev–Trinajstić information content (AvgIpc) is 2.35. The van der Waals surface area contributed by atoms with Crippen LogP contribution in [0, 0.1) is 5.82 Å². The van der Waals surface area contributed by atoms with Crippen LogP contribution in [0.4, 0.5) is 4.39 Å². The van der Waals surface area contributed by atoms with Gasteiger partial charge in [0, 0.05) is 0 Å². The second kappa shape index (κ2) is 4.38. The molecule has 0 saturated carbocycles. The first-order valence-corrected chi connectivity index (χ1v) is 6.58. The Morgan fingerprint density at radius 2 is 2.06 bits per heavy atom. The Balaban J connectivity index is 1.92. The molecule has 1 fully saturated rings. The Bertz CT molecular complexity index is 469. The molecule has 0 spiro atoms. The molecular weight excluding hydrogens is 259 g/mol. The molecule has 2 N–H and O–H groups in total. The largest absolute Gasteiger partial charge is 0.462 e. The zero-order valence-corrected chi connectivity index (χ0v) is 10.4. The second-order valence-corrected chi connectivity index (χ2v) is 5.70. The summed E-state index contributed by atoms with van der Waals surface area (Å²) < 4.78 is 24.3. The molecule has 5 unspecified atom stereocenters. The normalized spacial score (nSPS) is 38.6. The maximum atomic E-state index is 13.1. The number of hydrogen-bond acceptors (Lipinski definition) is 5. The monoisotopic (exact) mass is 272 g/mol. The Kier molecular flexibility index (Phi) is 2.97. The number of benzene rings is 1. The van der Waals surface area contributed by atoms with Crippen molar-refractivity contribution in [1.82, 2.24) is 0 Å². The van der Waals surface area contributed by atoms with Gasteiger partial charge in [0.25, 0.3) is 0 Å². The minimum Gasteiger partial charge on any atom is -0.462 e. The summed E-state index contributed by atoms with van der Waals surface area (Å²) >= 11 is 1.27. The summed E-state index contributed by atoms with van der Waals surface area (Å²) in [6.07, 6.45) is -3.04. The van der Waals surface area contributed by atoms with Crippen molar-refractivity contribution >= 4 is 11.8 Å². The highest BCUT2D eigenvalue weighted by atomic mass is 32.2. The van der Waals surface area contributed by atoms with Crippen molar-refractivity contribution in [3.05, 3.63) is 24.0 Å². The van der Waals surface area contributed by atoms with Gasteiger partial charge in [-0.2, -0.15) is 0 Å². The van der Waals surface area contributed by atoms with Crippen molar-refractivity contribution in [2.24, 2.45) is 0 Å². The molecule has 18 heavy (non-hydrogen) atoms. The van der Waals surface area contributed by atoms with Crippen LogP contribution >= 0.6 is 11.8 Å². The number of hydrogen-bond donors (Lipinski definition) is 2. The lowest BCUT2D eigenvalue weighted by molar-refractivity contribution is -0.213. The van der Waals surface area contributed by atoms with E-state index in [2.05, 4.69) is 0 Å². The number of halogens is 1. The number of fused-ring (bicyclic) bond motifs is 2. The maximum Gasteiger partial charge on any atom is 0.215 e. The Hall–Kier alpha value is -0.820. The van der Waals surface area contributed by atoms with Crippen LogP contribution in [0.15, 0.2) is 23.1 Å². The molecule has 2 aliphatic heterocycles. The molecule has 0 amide bonds. The number of aliphatic hydroxyl groups is 2. The quantitative estimate of drug-likeness (QED) is 0.742. The van der Waals surface area contributed by atoms with E-state index in [1.54, 1.807) is 13.0 Å². The minimum atomic E-state index is -0.961. The standard InChI is InChI=1S/C12H13FO4S/c1-5-9(14)10(15)11-12(16-5)17-7-3-2-6(13)4-8(7)18-11/h2-5,9-12,14-15H,1H3. The molecule has 1 saturated heterocycles. The van der Waals surface area contributed by atoms with Crippen LogP contribution in [0.2, 0.25) is 0 Å². The third kappa shape index (κ3) is 1.89. The van der Waals surface area contributed by atoms with Gasteiger partial charge in [0.05, 0.1) is 11.0 Å². The van der Waals surface area contributed by atoms with E-state index in [9.17, 15) is 14.6 Å². The molecular formula is C12H13FO4S. The van der Waals surface area contributed by atoms with Crippen molar-refractivity contribution < 1.29 is 24.1 Å². The fraction of sp³-hybridized carbons (Fsp3) is 0.500. The van der Waals surface area contributed by atoms with E-state index in [4.69, 9.17) is 9.47 Å². The number of aliphatic hydroxyl groups excluding tert-OH is 2. The van der Waals surface area contributed by atoms with E-state index < -0.39 is 29.9 Å². The fourth-order valence-corrected chi connectivity index (χ4v) is 3.40. The molecule has 2 aliphatic rings. The highest BCUT2D eigenvalue weighted by molar-refractivity contribution is 8.00. The van der Waals surface area contributed by atoms with Gasteiger partial charge in [-0.05, 0) is 25.1 Å². The smallest absolute Gasteiger partial charge is 0.215 e. The number of rotatable bonds is 0. The maximum absolute atomic E-state index is 13.1. The summed E-state index contributed by atoms with van der Waals surface area (Å²) in [5, 5.41) is 19.3. The van der Waals surface area contributed by atoms with Crippen LogP contribution in [0.5, 0.6) is 5.75 Å². The van der Waals surface area contributed by atoms with Crippen molar-refractivity contribution in [2.75, 3.05) is 0 Å². The Morgan fingerprint density at radius 3 is 2.83 bits per heavy atom. The summed E-state index contributed by atoms with van der Waals surface area (Å²) in [4.78, 5) is 0.612. The molecule has 98 valence electrons. The first-order chi connectivity index (χ1) is 8.56. The molecule has 5 atom stereocenters. The molecule has 0 aliphatic carbocycles. The van der Waals surface area contributed by atoms with Crippen LogP contribution in [0.1, 0.15) is 6.92 Å². The van der Waals surface area contributed by atoms with Gasteiger partial charge < -0.3 is 19.7 Å². The lowest BCUT2D eigenvalue weighted by Gasteiger charge is -2.43. The SMILES string of the molecule is CC1OC2Oc3ccc(F)cc3SC2C(O)C1O. The predicted octanol–water partition coefficient (Wildman–Crippen LogP) is 1.15. The third-order valence-corrected chi connectivity index (χ3v) is 4.54. The summed E-state index contributed by atoms with van der Waals surface area (Å²) in [6.45, 7) is 1.68. The van der Waals surface area contributed by atoms with Crippen molar-refractivity contribution in [3.63, 3.8) is 0 Å². The van der Waals surface area contributed by atoms with Gasteiger partial charge in [0.2, 0.25) is 6.29 Å². The van der Waals surface area contributed by atoms with Gasteiger partial charge in [-0.25, -0.2) is 4.39 Å². The van der Waals surface area contributed by atoms with Crippen LogP contribution in [0.3, 0.4) is 0 Å². The minimum absolute atomic E-state index is 0.358. The van der Waals surface area contributed by atoms with Gasteiger partial charge in [0.1, 0.15) is 29.0 Å². The zero-order valence-electron chi connectivity index (χ0n) is 9.62. The molecule has 1 aromatic rings. The molecule has 3 rings (SSSR count). The molecule has 0 bridgehead atoms. The average molecular weight is 272 g/mol. The van der Waals surface area contributed by atoms with E-state index in [0.717, 1.165) is 0 Å². The van der Waals surface area contributed by atoms with E-state index in [1.807, 2.05) is 0 Å². The molecule has 4 nitrogen and oxygen atoms in total. The van der Waals surface area contributed by atoms with E-state index >= 15 is 0 Å². The van der Waals surface area contributed by atoms with Crippen molar-refractivity contribution in [1.29, 1.82) is 0 Å². The number of ether oxygens (including phenoxy) is 2. The van der Waals surface area contributed by atoms with Crippen LogP contribution in [-0.4, -0.2) is 40.1 Å². The van der Waals surface area contributed by atoms with Gasteiger partial charge in [0.15, 0.2) is 0 Å². The van der Waals surface area contributed by atoms with Crippen LogP contribution in [-0.2, 0) is 4.74 Å². The van der Waals surface area contributed by atoms with Gasteiger partial charge in [-0.15, -0.1) is 11.8 Å². The third-order valence-electron chi connectivity index (χ3n) is 3.20. The van der Waals surface area contributed by atoms with E-state index in [-0.39, 0.29) is 5.82 Å². The molecule has 1 aromatic carbocycles. The number of thioether (sulfide) groups is 1. The van der Waals surface area contributed by atoms with Crippen LogP contribution in [0.25, 0.3) is 0 Å². The zero-order chi connectivity index (χ0) is 12.9. The highest BCUT2D eigenvalue weighted by Gasteiger charge is 2.47. The Morgan fingerprint density at radius 1 is 1.28 bits per heavy atom. The summed E-state index contributed by atoms with van der Waals surface area (Å²) in [5.74, 6) is 0.182. The lowest BCUT2D eigenvalue weighted by atomic mass is 10.0. The Labute approximate surface area is 108 Å². The topological polar surface area (TPSA) is 58.9 Å². The summed E-state index contributed by atoms with van der Waals surface area (Å²) in [5.41, 5.74) is 0. The molecule has 6 heteroatoms. The first-order valence-electron chi connectivity index (χ1n) is 5.71. The second-order valence-electron chi connectivity index (χ2n) is 4.48. The summed E-state index contributed by atoms with van der Waals surface area (Å²) in [7, 11) is 0. The van der Waals surface area contributed by atoms with E-state index in [0.29, 0.717) is 10.6 Å². The predicted molar refractivity (Wildman–Crippen MR) is 63.0 cm³/mol. The van der Waals surface area contributed by atoms with E-state index in [1.165, 1.54) is 23.9 Å². The molecule has 0 aromatic heterocycles. The molecule has 2 heterocycles.